The topological polar surface area (TPSA) is 59.8 Å². The zero-order valence-electron chi connectivity index (χ0n) is 16.8. The van der Waals surface area contributed by atoms with Crippen molar-refractivity contribution in [2.24, 2.45) is 0 Å². The number of carbonyl (C=O) groups is 1. The molecular formula is C24H24N4OS. The molecule has 152 valence electrons. The van der Waals surface area contributed by atoms with E-state index >= 15 is 0 Å². The highest BCUT2D eigenvalue weighted by Gasteiger charge is 2.21. The highest BCUT2D eigenvalue weighted by atomic mass is 32.1. The van der Waals surface area contributed by atoms with Gasteiger partial charge in [-0.25, -0.2) is 4.98 Å². The van der Waals surface area contributed by atoms with Crippen molar-refractivity contribution >= 4 is 28.3 Å². The average Bonchev–Trinajstić information content (AvgIpc) is 3.44. The van der Waals surface area contributed by atoms with Gasteiger partial charge in [0.25, 0.3) is 5.91 Å². The van der Waals surface area contributed by atoms with Gasteiger partial charge in [0, 0.05) is 42.1 Å². The smallest absolute Gasteiger partial charge is 0.255 e. The van der Waals surface area contributed by atoms with E-state index < -0.39 is 0 Å². The fourth-order valence-electron chi connectivity index (χ4n) is 4.25. The van der Waals surface area contributed by atoms with E-state index in [0.717, 1.165) is 34.4 Å². The lowest BCUT2D eigenvalue weighted by atomic mass is 9.95. The lowest BCUT2D eigenvalue weighted by Crippen LogP contribution is -2.36. The van der Waals surface area contributed by atoms with E-state index in [9.17, 15) is 4.79 Å². The van der Waals surface area contributed by atoms with Crippen LogP contribution >= 0.6 is 11.3 Å². The van der Waals surface area contributed by atoms with Crippen molar-refractivity contribution < 1.29 is 4.79 Å². The van der Waals surface area contributed by atoms with Gasteiger partial charge in [-0.3, -0.25) is 9.78 Å². The Labute approximate surface area is 179 Å². The van der Waals surface area contributed by atoms with Crippen LogP contribution in [0.4, 0.5) is 0 Å². The van der Waals surface area contributed by atoms with E-state index in [1.807, 2.05) is 29.9 Å². The van der Waals surface area contributed by atoms with Crippen LogP contribution in [0.2, 0.25) is 0 Å². The van der Waals surface area contributed by atoms with Gasteiger partial charge in [-0.1, -0.05) is 43.5 Å². The summed E-state index contributed by atoms with van der Waals surface area (Å²) < 4.78 is 2.12. The van der Waals surface area contributed by atoms with Crippen molar-refractivity contribution in [1.29, 1.82) is 0 Å². The van der Waals surface area contributed by atoms with Gasteiger partial charge in [0.1, 0.15) is 10.5 Å². The minimum Gasteiger partial charge on any atom is -0.349 e. The predicted octanol–water partition coefficient (Wildman–Crippen LogP) is 5.27. The molecule has 1 aliphatic carbocycles. The Morgan fingerprint density at radius 3 is 2.67 bits per heavy atom. The first-order valence-electron chi connectivity index (χ1n) is 10.5. The molecule has 1 amide bonds. The predicted molar refractivity (Wildman–Crippen MR) is 121 cm³/mol. The molecule has 0 unspecified atom stereocenters. The van der Waals surface area contributed by atoms with Crippen LogP contribution in [0.1, 0.15) is 48.0 Å². The lowest BCUT2D eigenvalue weighted by Gasteiger charge is -2.22. The maximum atomic E-state index is 13.0. The van der Waals surface area contributed by atoms with Crippen LogP contribution in [0, 0.1) is 0 Å². The molecule has 0 atom stereocenters. The van der Waals surface area contributed by atoms with Crippen LogP contribution in [0.15, 0.2) is 60.4 Å². The van der Waals surface area contributed by atoms with Gasteiger partial charge in [-0.15, -0.1) is 11.3 Å². The molecule has 3 heterocycles. The van der Waals surface area contributed by atoms with Crippen molar-refractivity contribution in [2.75, 3.05) is 0 Å². The quantitative estimate of drug-likeness (QED) is 0.482. The van der Waals surface area contributed by atoms with Crippen molar-refractivity contribution in [3.05, 3.63) is 71.5 Å². The Hall–Kier alpha value is -2.99. The average molecular weight is 417 g/mol. The third-order valence-corrected chi connectivity index (χ3v) is 6.63. The van der Waals surface area contributed by atoms with E-state index in [2.05, 4.69) is 44.1 Å². The summed E-state index contributed by atoms with van der Waals surface area (Å²) in [5.74, 6) is -0.0107. The van der Waals surface area contributed by atoms with Crippen molar-refractivity contribution in [2.45, 2.75) is 44.7 Å². The van der Waals surface area contributed by atoms with E-state index in [4.69, 9.17) is 0 Å². The van der Waals surface area contributed by atoms with E-state index in [-0.39, 0.29) is 11.9 Å². The molecule has 30 heavy (non-hydrogen) atoms. The summed E-state index contributed by atoms with van der Waals surface area (Å²) >= 11 is 1.64. The Bertz CT molecular complexity index is 1140. The molecule has 4 aromatic rings. The second-order valence-corrected chi connectivity index (χ2v) is 8.78. The molecule has 3 aromatic heterocycles. The zero-order valence-corrected chi connectivity index (χ0v) is 17.6. The summed E-state index contributed by atoms with van der Waals surface area (Å²) in [6.07, 6.45) is 11.3. The minimum atomic E-state index is -0.0107. The molecule has 1 N–H and O–H groups in total. The number of benzene rings is 1. The number of pyridine rings is 1. The summed E-state index contributed by atoms with van der Waals surface area (Å²) in [5.41, 5.74) is 4.71. The van der Waals surface area contributed by atoms with Crippen LogP contribution in [0.25, 0.3) is 21.6 Å². The van der Waals surface area contributed by atoms with E-state index in [1.54, 1.807) is 17.5 Å². The summed E-state index contributed by atoms with van der Waals surface area (Å²) in [7, 11) is 0. The monoisotopic (exact) mass is 416 g/mol. The number of hydrogen-bond donors (Lipinski definition) is 1. The fourth-order valence-corrected chi connectivity index (χ4v) is 4.89. The third-order valence-electron chi connectivity index (χ3n) is 5.81. The number of hydrogen-bond acceptors (Lipinski definition) is 4. The highest BCUT2D eigenvalue weighted by molar-refractivity contribution is 7.13. The number of thiazole rings is 1. The lowest BCUT2D eigenvalue weighted by molar-refractivity contribution is 0.0929. The van der Waals surface area contributed by atoms with Gasteiger partial charge >= 0.3 is 0 Å². The Kier molecular flexibility index (Phi) is 5.32. The molecule has 1 aromatic carbocycles. The fraction of sp³-hybridized carbons (Fsp3) is 0.292. The normalized spacial score (nSPS) is 14.8. The summed E-state index contributed by atoms with van der Waals surface area (Å²) in [6, 6.07) is 12.7. The highest BCUT2D eigenvalue weighted by Crippen LogP contribution is 2.25. The standard InChI is InChI=1S/C24H24N4OS/c29-23(27-19-5-2-1-3-6-19)20-16-28(21-7-4-12-25-22(20)21)15-17-8-10-18(11-9-17)24-26-13-14-30-24/h4,7-14,16,19H,1-3,5-6,15H2,(H,27,29). The molecule has 1 fully saturated rings. The van der Waals surface area contributed by atoms with Crippen LogP contribution in [0.3, 0.4) is 0 Å². The molecule has 1 saturated carbocycles. The van der Waals surface area contributed by atoms with Crippen LogP contribution in [0.5, 0.6) is 0 Å². The zero-order chi connectivity index (χ0) is 20.3. The van der Waals surface area contributed by atoms with Crippen LogP contribution in [-0.4, -0.2) is 26.5 Å². The Morgan fingerprint density at radius 1 is 1.07 bits per heavy atom. The number of aromatic nitrogens is 3. The van der Waals surface area contributed by atoms with E-state index in [1.165, 1.54) is 24.8 Å². The molecule has 0 spiro atoms. The second-order valence-electron chi connectivity index (χ2n) is 7.88. The molecule has 0 radical (unpaired) electrons. The van der Waals surface area contributed by atoms with Gasteiger partial charge in [-0.2, -0.15) is 0 Å². The number of nitrogens with zero attached hydrogens (tertiary/aromatic N) is 3. The summed E-state index contributed by atoms with van der Waals surface area (Å²) in [5, 5.41) is 6.24. The third kappa shape index (κ3) is 3.87. The number of nitrogens with one attached hydrogen (secondary N) is 1. The van der Waals surface area contributed by atoms with E-state index in [0.29, 0.717) is 12.1 Å². The number of amides is 1. The van der Waals surface area contributed by atoms with Gasteiger partial charge in [0.15, 0.2) is 0 Å². The molecule has 6 heteroatoms. The minimum absolute atomic E-state index is 0.0107. The first-order chi connectivity index (χ1) is 14.8. The first kappa shape index (κ1) is 19.0. The Balaban J connectivity index is 1.40. The largest absolute Gasteiger partial charge is 0.349 e. The summed E-state index contributed by atoms with van der Waals surface area (Å²) in [4.78, 5) is 21.9. The van der Waals surface area contributed by atoms with Crippen molar-refractivity contribution in [1.82, 2.24) is 19.9 Å². The van der Waals surface area contributed by atoms with Crippen molar-refractivity contribution in [3.8, 4) is 10.6 Å². The second kappa shape index (κ2) is 8.40. The molecule has 0 aliphatic heterocycles. The van der Waals surface area contributed by atoms with Crippen LogP contribution in [-0.2, 0) is 6.54 Å². The number of fused-ring (bicyclic) bond motifs is 1. The first-order valence-corrected chi connectivity index (χ1v) is 11.4. The number of carbonyl (C=O) groups excluding carboxylic acids is 1. The molecule has 0 saturated heterocycles. The maximum Gasteiger partial charge on any atom is 0.255 e. The molecule has 0 bridgehead atoms. The van der Waals surface area contributed by atoms with Crippen LogP contribution < -0.4 is 5.32 Å². The van der Waals surface area contributed by atoms with Gasteiger partial charge < -0.3 is 9.88 Å². The van der Waals surface area contributed by atoms with Gasteiger partial charge in [-0.05, 0) is 30.5 Å². The van der Waals surface area contributed by atoms with Gasteiger partial charge in [0.2, 0.25) is 0 Å². The molecular weight excluding hydrogens is 392 g/mol. The molecule has 1 aliphatic rings. The summed E-state index contributed by atoms with van der Waals surface area (Å²) in [6.45, 7) is 0.692. The Morgan fingerprint density at radius 2 is 1.90 bits per heavy atom. The van der Waals surface area contributed by atoms with Gasteiger partial charge in [0.05, 0.1) is 11.1 Å². The van der Waals surface area contributed by atoms with Crippen molar-refractivity contribution in [3.63, 3.8) is 0 Å². The molecule has 5 nitrogen and oxygen atoms in total. The maximum absolute atomic E-state index is 13.0. The number of rotatable bonds is 5. The SMILES string of the molecule is O=C(NC1CCCCC1)c1cn(Cc2ccc(-c3nccs3)cc2)c2cccnc12. The molecule has 5 rings (SSSR count).